The van der Waals surface area contributed by atoms with Crippen molar-refractivity contribution in [2.24, 2.45) is 0 Å². The Balaban J connectivity index is 1.31. The molecule has 2 aliphatic heterocycles. The van der Waals surface area contributed by atoms with Crippen LogP contribution in [0.5, 0.6) is 5.75 Å². The average molecular weight is 447 g/mol. The Bertz CT molecular complexity index is 1250. The number of nitrogens with zero attached hydrogens (tertiary/aromatic N) is 2. The number of fused-ring (bicyclic) bond motifs is 2. The van der Waals surface area contributed by atoms with E-state index in [4.69, 9.17) is 4.74 Å². The van der Waals surface area contributed by atoms with E-state index in [1.165, 1.54) is 12.1 Å². The lowest BCUT2D eigenvalue weighted by Crippen LogP contribution is -2.08. The van der Waals surface area contributed by atoms with Crippen molar-refractivity contribution in [2.75, 3.05) is 5.32 Å². The number of halogens is 4. The minimum atomic E-state index is -4.64. The molecule has 0 aliphatic carbocycles. The van der Waals surface area contributed by atoms with Crippen molar-refractivity contribution in [3.05, 3.63) is 83.8 Å². The molecule has 0 amide bonds. The summed E-state index contributed by atoms with van der Waals surface area (Å²) in [6, 6.07) is 8.14. The van der Waals surface area contributed by atoms with E-state index < -0.39 is 17.6 Å². The van der Waals surface area contributed by atoms with Crippen LogP contribution in [-0.2, 0) is 6.18 Å². The first kappa shape index (κ1) is 19.4. The van der Waals surface area contributed by atoms with Gasteiger partial charge in [-0.05, 0) is 42.5 Å². The van der Waals surface area contributed by atoms with E-state index in [9.17, 15) is 17.6 Å². The molecule has 3 aromatic rings. The van der Waals surface area contributed by atoms with E-state index in [2.05, 4.69) is 20.0 Å². The van der Waals surface area contributed by atoms with Gasteiger partial charge < -0.3 is 19.8 Å². The Hall–Kier alpha value is -3.60. The fourth-order valence-electron chi connectivity index (χ4n) is 3.06. The maximum Gasteiger partial charge on any atom is 0.416 e. The van der Waals surface area contributed by atoms with Crippen LogP contribution in [0.2, 0.25) is 0 Å². The van der Waals surface area contributed by atoms with E-state index in [-0.39, 0.29) is 17.0 Å². The summed E-state index contributed by atoms with van der Waals surface area (Å²) < 4.78 is 63.5. The lowest BCUT2D eigenvalue weighted by atomic mass is 10.2. The number of benzene rings is 2. The third-order valence-electron chi connectivity index (χ3n) is 4.50. The van der Waals surface area contributed by atoms with Crippen LogP contribution >= 0.6 is 12.1 Å². The van der Waals surface area contributed by atoms with Crippen LogP contribution in [0.4, 0.5) is 29.2 Å². The lowest BCUT2D eigenvalue weighted by molar-refractivity contribution is -0.137. The predicted molar refractivity (Wildman–Crippen MR) is 109 cm³/mol. The first-order valence-electron chi connectivity index (χ1n) is 8.98. The molecule has 31 heavy (non-hydrogen) atoms. The number of anilines is 2. The smallest absolute Gasteiger partial charge is 0.416 e. The molecule has 0 saturated heterocycles. The zero-order valence-electron chi connectivity index (χ0n) is 15.5. The molecule has 3 heterocycles. The van der Waals surface area contributed by atoms with Gasteiger partial charge in [-0.2, -0.15) is 13.2 Å². The molecular formula is C20H13F4N5OS. The van der Waals surface area contributed by atoms with Crippen LogP contribution in [0.15, 0.2) is 72.4 Å². The molecule has 3 N–H and O–H groups in total. The van der Waals surface area contributed by atoms with Crippen molar-refractivity contribution in [3.8, 4) is 5.75 Å². The molecule has 0 atom stereocenters. The monoisotopic (exact) mass is 447 g/mol. The van der Waals surface area contributed by atoms with Crippen LogP contribution < -0.4 is 14.8 Å². The molecule has 2 aromatic carbocycles. The highest BCUT2D eigenvalue weighted by Crippen LogP contribution is 2.33. The molecule has 0 fully saturated rings. The number of H-pyrrole nitrogens is 1. The highest BCUT2D eigenvalue weighted by atomic mass is 32.2. The van der Waals surface area contributed by atoms with Crippen LogP contribution in [0, 0.1) is 5.82 Å². The van der Waals surface area contributed by atoms with Crippen molar-refractivity contribution < 1.29 is 22.3 Å². The number of alkyl halides is 3. The van der Waals surface area contributed by atoms with Crippen LogP contribution in [0.25, 0.3) is 11.0 Å². The summed E-state index contributed by atoms with van der Waals surface area (Å²) in [5.74, 6) is 0.342. The lowest BCUT2D eigenvalue weighted by Gasteiger charge is -2.17. The molecule has 2 aliphatic rings. The van der Waals surface area contributed by atoms with Crippen LogP contribution in [-0.4, -0.2) is 14.3 Å². The van der Waals surface area contributed by atoms with E-state index in [0.29, 0.717) is 23.3 Å². The second-order valence-corrected chi connectivity index (χ2v) is 7.47. The summed E-state index contributed by atoms with van der Waals surface area (Å²) in [5, 5.41) is 2.91. The van der Waals surface area contributed by atoms with Gasteiger partial charge in [-0.1, -0.05) is 0 Å². The van der Waals surface area contributed by atoms with Gasteiger partial charge in [-0.15, -0.1) is 0 Å². The molecule has 0 saturated carbocycles. The normalized spacial score (nSPS) is 15.4. The summed E-state index contributed by atoms with van der Waals surface area (Å²) in [5.41, 5.74) is 0.266. The maximum absolute atomic E-state index is 14.0. The largest absolute Gasteiger partial charge is 0.457 e. The highest BCUT2D eigenvalue weighted by Gasteiger charge is 2.32. The number of imidazole rings is 1. The van der Waals surface area contributed by atoms with Crippen molar-refractivity contribution >= 4 is 34.8 Å². The van der Waals surface area contributed by atoms with E-state index in [1.807, 2.05) is 28.9 Å². The number of aromatic amines is 1. The third kappa shape index (κ3) is 3.91. The number of allylic oxidation sites excluding steroid dienone is 2. The number of hydrogen-bond donors (Lipinski definition) is 3. The van der Waals surface area contributed by atoms with Crippen LogP contribution in [0.1, 0.15) is 5.56 Å². The molecule has 1 aromatic heterocycles. The summed E-state index contributed by atoms with van der Waals surface area (Å²) in [6.45, 7) is 0. The van der Waals surface area contributed by atoms with E-state index in [0.717, 1.165) is 11.8 Å². The quantitative estimate of drug-likeness (QED) is 0.359. The van der Waals surface area contributed by atoms with Crippen LogP contribution in [0.3, 0.4) is 0 Å². The molecule has 0 radical (unpaired) electrons. The third-order valence-corrected chi connectivity index (χ3v) is 5.25. The summed E-state index contributed by atoms with van der Waals surface area (Å²) >= 11 is 1.45. The van der Waals surface area contributed by atoms with Gasteiger partial charge in [-0.25, -0.2) is 9.37 Å². The standard InChI is InChI=1S/C20H13F4N5OS/c21-16-7-11(20(22,23)24)8-17-18(16)28-19(27-17)26-12-1-3-14(4-2-12)30-15-5-6-29-13(9-15)10-25-31-29/h1-10,25H,(H2,26,27,28). The second-order valence-electron chi connectivity index (χ2n) is 6.66. The number of nitrogens with one attached hydrogen (secondary N) is 3. The fourth-order valence-corrected chi connectivity index (χ4v) is 3.68. The SMILES string of the molecule is Fc1cc(C(F)(F)F)cc2[nH]c(Nc3ccc(OC4=CC5=CNSN5C=C4)cc3)nc12. The first-order chi connectivity index (χ1) is 14.8. The van der Waals surface area contributed by atoms with E-state index in [1.54, 1.807) is 24.3 Å². The van der Waals surface area contributed by atoms with Gasteiger partial charge in [0.2, 0.25) is 5.95 Å². The maximum atomic E-state index is 14.0. The molecule has 6 nitrogen and oxygen atoms in total. The van der Waals surface area contributed by atoms with Gasteiger partial charge in [0, 0.05) is 24.2 Å². The number of aromatic nitrogens is 2. The first-order valence-corrected chi connectivity index (χ1v) is 9.76. The zero-order valence-corrected chi connectivity index (χ0v) is 16.3. The van der Waals surface area contributed by atoms with E-state index >= 15 is 0 Å². The molecule has 0 unspecified atom stereocenters. The molecule has 5 rings (SSSR count). The number of hydrogen-bond acceptors (Lipinski definition) is 6. The zero-order chi connectivity index (χ0) is 21.6. The summed E-state index contributed by atoms with van der Waals surface area (Å²) in [7, 11) is 0. The molecule has 0 bridgehead atoms. The summed E-state index contributed by atoms with van der Waals surface area (Å²) in [4.78, 5) is 6.67. The van der Waals surface area contributed by atoms with Crippen molar-refractivity contribution in [1.29, 1.82) is 0 Å². The second kappa shape index (κ2) is 7.27. The molecule has 11 heteroatoms. The number of ether oxygens (including phenoxy) is 1. The Morgan fingerprint density at radius 1 is 1.13 bits per heavy atom. The van der Waals surface area contributed by atoms with Gasteiger partial charge in [0.25, 0.3) is 0 Å². The van der Waals surface area contributed by atoms with Gasteiger partial charge >= 0.3 is 6.18 Å². The Labute approximate surface area is 177 Å². The average Bonchev–Trinajstić information content (AvgIpc) is 3.35. The van der Waals surface area contributed by atoms with Crippen molar-refractivity contribution in [2.45, 2.75) is 6.18 Å². The van der Waals surface area contributed by atoms with Gasteiger partial charge in [-0.3, -0.25) is 4.31 Å². The Morgan fingerprint density at radius 3 is 2.71 bits per heavy atom. The predicted octanol–water partition coefficient (Wildman–Crippen LogP) is 5.56. The Kier molecular flexibility index (Phi) is 4.54. The van der Waals surface area contributed by atoms with Gasteiger partial charge in [0.1, 0.15) is 17.0 Å². The van der Waals surface area contributed by atoms with Crippen molar-refractivity contribution in [3.63, 3.8) is 0 Å². The minimum Gasteiger partial charge on any atom is -0.457 e. The number of rotatable bonds is 4. The van der Waals surface area contributed by atoms with Crippen molar-refractivity contribution in [1.82, 2.24) is 19.0 Å². The molecular weight excluding hydrogens is 434 g/mol. The van der Waals surface area contributed by atoms with Gasteiger partial charge in [0.15, 0.2) is 5.82 Å². The molecule has 158 valence electrons. The summed E-state index contributed by atoms with van der Waals surface area (Å²) in [6.07, 6.45) is 2.82. The fraction of sp³-hybridized carbons (Fsp3) is 0.0500. The topological polar surface area (TPSA) is 65.2 Å². The molecule has 0 spiro atoms. The minimum absolute atomic E-state index is 0.0475. The van der Waals surface area contributed by atoms with Gasteiger partial charge in [0.05, 0.1) is 28.9 Å². The Morgan fingerprint density at radius 2 is 1.94 bits per heavy atom. The highest BCUT2D eigenvalue weighted by molar-refractivity contribution is 7.95.